The van der Waals surface area contributed by atoms with Crippen LogP contribution in [-0.2, 0) is 13.6 Å². The standard InChI is InChI=1S/C13H24N4/c1-11(12-7-5-3-4-6-8-12)14-9-13-10-15-16-17(13)2/h10-12,14H,3-9H2,1-2H3/t11-/m1/s1. The molecule has 0 amide bonds. The smallest absolute Gasteiger partial charge is 0.0738 e. The van der Waals surface area contributed by atoms with Crippen LogP contribution in [0, 0.1) is 5.92 Å². The molecule has 96 valence electrons. The molecule has 0 aliphatic heterocycles. The van der Waals surface area contributed by atoms with E-state index >= 15 is 0 Å². The van der Waals surface area contributed by atoms with Crippen LogP contribution in [0.4, 0.5) is 0 Å². The minimum Gasteiger partial charge on any atom is -0.308 e. The van der Waals surface area contributed by atoms with E-state index in [9.17, 15) is 0 Å². The first kappa shape index (κ1) is 12.6. The van der Waals surface area contributed by atoms with Gasteiger partial charge in [-0.2, -0.15) is 0 Å². The Kier molecular flexibility index (Phi) is 4.54. The quantitative estimate of drug-likeness (QED) is 0.815. The van der Waals surface area contributed by atoms with Gasteiger partial charge in [0.25, 0.3) is 0 Å². The van der Waals surface area contributed by atoms with Crippen molar-refractivity contribution in [3.63, 3.8) is 0 Å². The van der Waals surface area contributed by atoms with Gasteiger partial charge < -0.3 is 5.32 Å². The molecule has 1 saturated carbocycles. The predicted octanol–water partition coefficient (Wildman–Crippen LogP) is 2.26. The average Bonchev–Trinajstić information content (AvgIpc) is 2.58. The molecular formula is C13H24N4. The fourth-order valence-electron chi connectivity index (χ4n) is 2.71. The number of aromatic nitrogens is 3. The van der Waals surface area contributed by atoms with Crippen molar-refractivity contribution in [1.82, 2.24) is 20.3 Å². The van der Waals surface area contributed by atoms with Crippen molar-refractivity contribution in [2.45, 2.75) is 58.0 Å². The number of rotatable bonds is 4. The van der Waals surface area contributed by atoms with Crippen LogP contribution in [0.5, 0.6) is 0 Å². The molecule has 0 aromatic carbocycles. The first-order chi connectivity index (χ1) is 8.27. The summed E-state index contributed by atoms with van der Waals surface area (Å²) < 4.78 is 1.84. The maximum absolute atomic E-state index is 3.95. The predicted molar refractivity (Wildman–Crippen MR) is 68.5 cm³/mol. The molecule has 1 aromatic rings. The zero-order chi connectivity index (χ0) is 12.1. The van der Waals surface area contributed by atoms with Gasteiger partial charge in [0.1, 0.15) is 0 Å². The Morgan fingerprint density at radius 2 is 2.06 bits per heavy atom. The molecule has 0 bridgehead atoms. The van der Waals surface area contributed by atoms with Crippen molar-refractivity contribution in [2.75, 3.05) is 0 Å². The normalized spacial score (nSPS) is 20.1. The summed E-state index contributed by atoms with van der Waals surface area (Å²) in [6, 6.07) is 0.600. The number of aryl methyl sites for hydroxylation is 1. The molecule has 1 aliphatic rings. The Morgan fingerprint density at radius 1 is 1.35 bits per heavy atom. The largest absolute Gasteiger partial charge is 0.308 e. The highest BCUT2D eigenvalue weighted by atomic mass is 15.4. The van der Waals surface area contributed by atoms with Crippen molar-refractivity contribution in [2.24, 2.45) is 13.0 Å². The van der Waals surface area contributed by atoms with Gasteiger partial charge in [-0.05, 0) is 25.7 Å². The van der Waals surface area contributed by atoms with Crippen LogP contribution in [0.1, 0.15) is 51.1 Å². The van der Waals surface area contributed by atoms with Gasteiger partial charge in [-0.25, -0.2) is 0 Å². The van der Waals surface area contributed by atoms with Crippen molar-refractivity contribution < 1.29 is 0 Å². The van der Waals surface area contributed by atoms with E-state index in [1.54, 1.807) is 0 Å². The monoisotopic (exact) mass is 236 g/mol. The molecule has 2 rings (SSSR count). The third-order valence-electron chi connectivity index (χ3n) is 4.02. The van der Waals surface area contributed by atoms with Crippen LogP contribution in [0.3, 0.4) is 0 Å². The molecule has 4 nitrogen and oxygen atoms in total. The lowest BCUT2D eigenvalue weighted by Crippen LogP contribution is -2.33. The Labute approximate surface area is 104 Å². The summed E-state index contributed by atoms with van der Waals surface area (Å²) in [6.07, 6.45) is 10.3. The second-order valence-corrected chi connectivity index (χ2v) is 5.27. The summed E-state index contributed by atoms with van der Waals surface area (Å²) in [5.74, 6) is 0.846. The van der Waals surface area contributed by atoms with Gasteiger partial charge in [-0.3, -0.25) is 4.68 Å². The average molecular weight is 236 g/mol. The summed E-state index contributed by atoms with van der Waals surface area (Å²) in [4.78, 5) is 0. The second kappa shape index (κ2) is 6.15. The van der Waals surface area contributed by atoms with Crippen molar-refractivity contribution in [3.8, 4) is 0 Å². The minimum atomic E-state index is 0.600. The van der Waals surface area contributed by atoms with E-state index in [2.05, 4.69) is 22.6 Å². The topological polar surface area (TPSA) is 42.7 Å². The fraction of sp³-hybridized carbons (Fsp3) is 0.846. The Hall–Kier alpha value is -0.900. The van der Waals surface area contributed by atoms with Gasteiger partial charge in [0.05, 0.1) is 11.9 Å². The zero-order valence-corrected chi connectivity index (χ0v) is 11.0. The lowest BCUT2D eigenvalue weighted by Gasteiger charge is -2.23. The van der Waals surface area contributed by atoms with E-state index in [0.29, 0.717) is 6.04 Å². The van der Waals surface area contributed by atoms with Crippen LogP contribution in [-0.4, -0.2) is 21.0 Å². The van der Waals surface area contributed by atoms with Gasteiger partial charge in [-0.1, -0.05) is 30.9 Å². The first-order valence-corrected chi connectivity index (χ1v) is 6.84. The second-order valence-electron chi connectivity index (χ2n) is 5.27. The molecule has 4 heteroatoms. The zero-order valence-electron chi connectivity index (χ0n) is 11.0. The van der Waals surface area contributed by atoms with E-state index in [1.165, 1.54) is 38.5 Å². The SMILES string of the molecule is C[C@@H](NCc1cnnn1C)C1CCCCCC1. The van der Waals surface area contributed by atoms with E-state index in [0.717, 1.165) is 18.2 Å². The molecule has 1 aliphatic carbocycles. The number of hydrogen-bond acceptors (Lipinski definition) is 3. The third-order valence-corrected chi connectivity index (χ3v) is 4.02. The lowest BCUT2D eigenvalue weighted by molar-refractivity contribution is 0.334. The molecule has 1 aromatic heterocycles. The molecule has 1 heterocycles. The summed E-state index contributed by atoms with van der Waals surface area (Å²) in [7, 11) is 1.94. The molecule has 1 atom stereocenters. The molecule has 0 saturated heterocycles. The Bertz CT molecular complexity index is 326. The van der Waals surface area contributed by atoms with E-state index in [4.69, 9.17) is 0 Å². The van der Waals surface area contributed by atoms with Gasteiger partial charge in [0.15, 0.2) is 0 Å². The summed E-state index contributed by atoms with van der Waals surface area (Å²) in [5.41, 5.74) is 1.16. The molecule has 1 fully saturated rings. The van der Waals surface area contributed by atoms with E-state index < -0.39 is 0 Å². The van der Waals surface area contributed by atoms with Gasteiger partial charge in [0, 0.05) is 19.6 Å². The highest BCUT2D eigenvalue weighted by molar-refractivity contribution is 4.93. The lowest BCUT2D eigenvalue weighted by atomic mass is 9.93. The Morgan fingerprint density at radius 3 is 2.65 bits per heavy atom. The molecular weight excluding hydrogens is 212 g/mol. The van der Waals surface area contributed by atoms with Gasteiger partial charge >= 0.3 is 0 Å². The molecule has 17 heavy (non-hydrogen) atoms. The highest BCUT2D eigenvalue weighted by Gasteiger charge is 2.18. The van der Waals surface area contributed by atoms with Crippen LogP contribution < -0.4 is 5.32 Å². The van der Waals surface area contributed by atoms with Gasteiger partial charge in [-0.15, -0.1) is 5.10 Å². The van der Waals surface area contributed by atoms with Crippen LogP contribution in [0.15, 0.2) is 6.20 Å². The summed E-state index contributed by atoms with van der Waals surface area (Å²) >= 11 is 0. The van der Waals surface area contributed by atoms with Crippen molar-refractivity contribution >= 4 is 0 Å². The number of nitrogens with zero attached hydrogens (tertiary/aromatic N) is 3. The number of nitrogens with one attached hydrogen (secondary N) is 1. The molecule has 0 unspecified atom stereocenters. The first-order valence-electron chi connectivity index (χ1n) is 6.84. The molecule has 1 N–H and O–H groups in total. The van der Waals surface area contributed by atoms with Crippen LogP contribution in [0.25, 0.3) is 0 Å². The van der Waals surface area contributed by atoms with Gasteiger partial charge in [0.2, 0.25) is 0 Å². The summed E-state index contributed by atoms with van der Waals surface area (Å²) in [6.45, 7) is 3.20. The minimum absolute atomic E-state index is 0.600. The molecule has 0 spiro atoms. The highest BCUT2D eigenvalue weighted by Crippen LogP contribution is 2.25. The third kappa shape index (κ3) is 3.53. The van der Waals surface area contributed by atoms with Crippen molar-refractivity contribution in [1.29, 1.82) is 0 Å². The van der Waals surface area contributed by atoms with Crippen molar-refractivity contribution in [3.05, 3.63) is 11.9 Å². The summed E-state index contributed by atoms with van der Waals surface area (Å²) in [5, 5.41) is 11.5. The van der Waals surface area contributed by atoms with E-state index in [1.807, 2.05) is 17.9 Å². The molecule has 0 radical (unpaired) electrons. The number of hydrogen-bond donors (Lipinski definition) is 1. The van der Waals surface area contributed by atoms with E-state index in [-0.39, 0.29) is 0 Å². The maximum atomic E-state index is 3.95. The Balaban J connectivity index is 1.80. The maximum Gasteiger partial charge on any atom is 0.0738 e. The fourth-order valence-corrected chi connectivity index (χ4v) is 2.71. The van der Waals surface area contributed by atoms with Crippen LogP contribution >= 0.6 is 0 Å². The van der Waals surface area contributed by atoms with Crippen LogP contribution in [0.2, 0.25) is 0 Å².